The number of rotatable bonds is 5. The second-order valence-corrected chi connectivity index (χ2v) is 9.04. The molecule has 1 N–H and O–H groups in total. The van der Waals surface area contributed by atoms with Crippen molar-refractivity contribution in [2.24, 2.45) is 0 Å². The Balaban J connectivity index is 1.80. The van der Waals surface area contributed by atoms with Gasteiger partial charge in [0.1, 0.15) is 11.0 Å². The topological polar surface area (TPSA) is 106 Å². The number of nitrogens with one attached hydrogen (secondary N) is 1. The van der Waals surface area contributed by atoms with Crippen LogP contribution in [0.5, 0.6) is 0 Å². The zero-order valence-electron chi connectivity index (χ0n) is 16.4. The summed E-state index contributed by atoms with van der Waals surface area (Å²) >= 11 is 0. The maximum atomic E-state index is 13.3. The summed E-state index contributed by atoms with van der Waals surface area (Å²) in [6, 6.07) is 8.00. The van der Waals surface area contributed by atoms with Crippen molar-refractivity contribution in [1.29, 1.82) is 0 Å². The summed E-state index contributed by atoms with van der Waals surface area (Å²) in [7, 11) is -3.86. The van der Waals surface area contributed by atoms with Crippen molar-refractivity contribution in [3.8, 4) is 0 Å². The number of hydrogen-bond acceptors (Lipinski definition) is 6. The molecule has 1 aromatic heterocycles. The highest BCUT2D eigenvalue weighted by molar-refractivity contribution is 7.91. The number of amides is 2. The van der Waals surface area contributed by atoms with Crippen LogP contribution in [0.15, 0.2) is 45.9 Å². The average molecular weight is 420 g/mol. The van der Waals surface area contributed by atoms with Crippen LogP contribution in [0.4, 0.5) is 0 Å². The fourth-order valence-electron chi connectivity index (χ4n) is 3.06. The van der Waals surface area contributed by atoms with Crippen LogP contribution >= 0.6 is 0 Å². The van der Waals surface area contributed by atoms with Gasteiger partial charge in [-0.2, -0.15) is 0 Å². The van der Waals surface area contributed by atoms with Crippen molar-refractivity contribution in [2.75, 3.05) is 32.8 Å². The molecule has 1 atom stereocenters. The van der Waals surface area contributed by atoms with Crippen molar-refractivity contribution >= 4 is 21.7 Å². The number of nitrogens with zero attached hydrogens (tertiary/aromatic N) is 1. The second-order valence-electron chi connectivity index (χ2n) is 6.91. The third kappa shape index (κ3) is 4.68. The first-order valence-corrected chi connectivity index (χ1v) is 10.8. The predicted molar refractivity (Wildman–Crippen MR) is 105 cm³/mol. The normalized spacial score (nSPS) is 15.7. The van der Waals surface area contributed by atoms with E-state index in [4.69, 9.17) is 9.15 Å². The van der Waals surface area contributed by atoms with Gasteiger partial charge in [-0.15, -0.1) is 0 Å². The van der Waals surface area contributed by atoms with Gasteiger partial charge in [0.2, 0.25) is 0 Å². The molecule has 0 saturated carbocycles. The molecule has 2 heterocycles. The smallest absolute Gasteiger partial charge is 0.312 e. The molecule has 0 aliphatic carbocycles. The van der Waals surface area contributed by atoms with E-state index < -0.39 is 26.9 Å². The highest BCUT2D eigenvalue weighted by atomic mass is 32.2. The summed E-state index contributed by atoms with van der Waals surface area (Å²) < 4.78 is 37.0. The molecule has 1 aliphatic heterocycles. The molecular weight excluding hydrogens is 396 g/mol. The first-order chi connectivity index (χ1) is 13.8. The van der Waals surface area contributed by atoms with E-state index in [2.05, 4.69) is 5.32 Å². The van der Waals surface area contributed by atoms with Gasteiger partial charge in [-0.25, -0.2) is 8.42 Å². The first kappa shape index (κ1) is 21.1. The molecule has 1 saturated heterocycles. The number of furan rings is 1. The van der Waals surface area contributed by atoms with Crippen LogP contribution < -0.4 is 5.32 Å². The number of carbonyl (C=O) groups is 2. The fraction of sp³-hybridized carbons (Fsp3) is 0.400. The third-order valence-corrected chi connectivity index (χ3v) is 7.04. The van der Waals surface area contributed by atoms with Gasteiger partial charge >= 0.3 is 11.8 Å². The van der Waals surface area contributed by atoms with E-state index >= 15 is 0 Å². The largest absolute Gasteiger partial charge is 0.468 e. The Bertz CT molecular complexity index is 978. The molecule has 8 nitrogen and oxygen atoms in total. The minimum absolute atomic E-state index is 0.135. The standard InChI is InChI=1S/C20H24N2O6S/c1-14-5-6-16(12-15(14)2)29(25,26)18(17-4-3-9-28-17)13-21-19(23)20(24)22-7-10-27-11-8-22/h3-6,9,12,18H,7-8,10-11,13H2,1-2H3,(H,21,23)/t18-/m1/s1. The second kappa shape index (κ2) is 8.79. The van der Waals surface area contributed by atoms with Crippen LogP contribution in [-0.2, 0) is 24.2 Å². The predicted octanol–water partition coefficient (Wildman–Crippen LogP) is 1.39. The van der Waals surface area contributed by atoms with E-state index in [0.29, 0.717) is 26.3 Å². The van der Waals surface area contributed by atoms with Crippen molar-refractivity contribution in [3.05, 3.63) is 53.5 Å². The molecule has 9 heteroatoms. The van der Waals surface area contributed by atoms with E-state index in [1.165, 1.54) is 17.2 Å². The van der Waals surface area contributed by atoms with Gasteiger partial charge in [-0.3, -0.25) is 9.59 Å². The minimum atomic E-state index is -3.86. The number of hydrogen-bond donors (Lipinski definition) is 1. The van der Waals surface area contributed by atoms with Gasteiger partial charge in [0.15, 0.2) is 9.84 Å². The van der Waals surface area contributed by atoms with Crippen LogP contribution in [-0.4, -0.2) is 58.0 Å². The van der Waals surface area contributed by atoms with Crippen molar-refractivity contribution in [3.63, 3.8) is 0 Å². The highest BCUT2D eigenvalue weighted by Crippen LogP contribution is 2.30. The highest BCUT2D eigenvalue weighted by Gasteiger charge is 2.33. The summed E-state index contributed by atoms with van der Waals surface area (Å²) in [6.45, 7) is 4.85. The lowest BCUT2D eigenvalue weighted by Crippen LogP contribution is -2.48. The molecule has 0 radical (unpaired) electrons. The van der Waals surface area contributed by atoms with Gasteiger partial charge in [0, 0.05) is 19.6 Å². The first-order valence-electron chi connectivity index (χ1n) is 9.30. The van der Waals surface area contributed by atoms with E-state index in [1.54, 1.807) is 24.3 Å². The lowest BCUT2D eigenvalue weighted by molar-refractivity contribution is -0.148. The number of morpholine rings is 1. The number of aryl methyl sites for hydroxylation is 2. The zero-order chi connectivity index (χ0) is 21.0. The molecule has 0 unspecified atom stereocenters. The summed E-state index contributed by atoms with van der Waals surface area (Å²) in [6.07, 6.45) is 1.37. The molecule has 1 aromatic carbocycles. The Kier molecular flexibility index (Phi) is 6.39. The molecule has 0 bridgehead atoms. The SMILES string of the molecule is Cc1ccc(S(=O)(=O)[C@H](CNC(=O)C(=O)N2CCOCC2)c2ccco2)cc1C. The molecule has 1 aliphatic rings. The van der Waals surface area contributed by atoms with Gasteiger partial charge in [-0.1, -0.05) is 6.07 Å². The molecule has 2 amide bonds. The maximum absolute atomic E-state index is 13.3. The van der Waals surface area contributed by atoms with Crippen LogP contribution in [0.3, 0.4) is 0 Å². The fourth-order valence-corrected chi connectivity index (χ4v) is 4.73. The van der Waals surface area contributed by atoms with Gasteiger partial charge in [0.05, 0.1) is 24.4 Å². The Morgan fingerprint density at radius 1 is 1.14 bits per heavy atom. The van der Waals surface area contributed by atoms with Crippen LogP contribution in [0, 0.1) is 13.8 Å². The summed E-state index contributed by atoms with van der Waals surface area (Å²) in [5.74, 6) is -1.35. The summed E-state index contributed by atoms with van der Waals surface area (Å²) in [4.78, 5) is 26.1. The minimum Gasteiger partial charge on any atom is -0.468 e. The monoisotopic (exact) mass is 420 g/mol. The van der Waals surface area contributed by atoms with Crippen molar-refractivity contribution in [2.45, 2.75) is 24.0 Å². The average Bonchev–Trinajstić information content (AvgIpc) is 3.24. The van der Waals surface area contributed by atoms with Crippen LogP contribution in [0.1, 0.15) is 22.1 Å². The Labute approximate surface area is 169 Å². The molecule has 3 rings (SSSR count). The lowest BCUT2D eigenvalue weighted by atomic mass is 10.1. The van der Waals surface area contributed by atoms with E-state index in [0.717, 1.165) is 11.1 Å². The Morgan fingerprint density at radius 3 is 2.48 bits per heavy atom. The van der Waals surface area contributed by atoms with Gasteiger partial charge < -0.3 is 19.4 Å². The van der Waals surface area contributed by atoms with Gasteiger partial charge in [-0.05, 0) is 49.2 Å². The molecule has 156 valence electrons. The summed E-state index contributed by atoms with van der Waals surface area (Å²) in [5.41, 5.74) is 1.82. The van der Waals surface area contributed by atoms with Crippen molar-refractivity contribution < 1.29 is 27.2 Å². The third-order valence-electron chi connectivity index (χ3n) is 4.98. The van der Waals surface area contributed by atoms with Crippen LogP contribution in [0.25, 0.3) is 0 Å². The number of carbonyl (C=O) groups excluding carboxylic acids is 2. The molecule has 2 aromatic rings. The zero-order valence-corrected chi connectivity index (χ0v) is 17.2. The van der Waals surface area contributed by atoms with E-state index in [-0.39, 0.29) is 17.2 Å². The molecule has 0 spiro atoms. The van der Waals surface area contributed by atoms with Gasteiger partial charge in [0.25, 0.3) is 0 Å². The van der Waals surface area contributed by atoms with Crippen molar-refractivity contribution in [1.82, 2.24) is 10.2 Å². The number of ether oxygens (including phenoxy) is 1. The Hall–Kier alpha value is -2.65. The Morgan fingerprint density at radius 2 is 1.86 bits per heavy atom. The lowest BCUT2D eigenvalue weighted by Gasteiger charge is -2.26. The van der Waals surface area contributed by atoms with Crippen LogP contribution in [0.2, 0.25) is 0 Å². The maximum Gasteiger partial charge on any atom is 0.312 e. The quantitative estimate of drug-likeness (QED) is 0.733. The van der Waals surface area contributed by atoms with E-state index in [1.807, 2.05) is 13.8 Å². The molecule has 1 fully saturated rings. The molecule has 29 heavy (non-hydrogen) atoms. The number of sulfone groups is 1. The summed E-state index contributed by atoms with van der Waals surface area (Å²) in [5, 5.41) is 1.31. The van der Waals surface area contributed by atoms with E-state index in [9.17, 15) is 18.0 Å². The number of benzene rings is 1. The molecular formula is C20H24N2O6S.